The third-order valence-electron chi connectivity index (χ3n) is 7.15. The third-order valence-corrected chi connectivity index (χ3v) is 7.15. The van der Waals surface area contributed by atoms with Crippen LogP contribution in [0.3, 0.4) is 0 Å². The highest BCUT2D eigenvalue weighted by molar-refractivity contribution is 5.96. The fraction of sp³-hybridized carbons (Fsp3) is 0.640. The summed E-state index contributed by atoms with van der Waals surface area (Å²) in [5, 5.41) is 15.1. The molecule has 2 saturated heterocycles. The summed E-state index contributed by atoms with van der Waals surface area (Å²) in [4.78, 5) is 15.0. The van der Waals surface area contributed by atoms with Gasteiger partial charge in [0.25, 0.3) is 5.91 Å². The lowest BCUT2D eigenvalue weighted by Gasteiger charge is -2.39. The van der Waals surface area contributed by atoms with E-state index in [2.05, 4.69) is 24.1 Å². The summed E-state index contributed by atoms with van der Waals surface area (Å²) in [5.41, 5.74) is 0.757. The summed E-state index contributed by atoms with van der Waals surface area (Å²) in [7, 11) is 0. The molecule has 0 bridgehead atoms. The van der Waals surface area contributed by atoms with Gasteiger partial charge in [-0.15, -0.1) is 0 Å². The number of hydrogen-bond donors (Lipinski definition) is 2. The molecule has 1 amide bonds. The number of nitrogens with zero attached hydrogens (tertiary/aromatic N) is 1. The SMILES string of the molecule is CCC(CC)CN1CCC(O)(c2ccc3oc(C(=O)NCC4CCCO4)cc3c2)CC1. The number of nitrogens with one attached hydrogen (secondary N) is 1. The van der Waals surface area contributed by atoms with Crippen LogP contribution >= 0.6 is 0 Å². The zero-order chi connectivity index (χ0) is 21.8. The van der Waals surface area contributed by atoms with E-state index in [-0.39, 0.29) is 12.0 Å². The van der Waals surface area contributed by atoms with Gasteiger partial charge >= 0.3 is 0 Å². The maximum Gasteiger partial charge on any atom is 0.287 e. The van der Waals surface area contributed by atoms with E-state index in [9.17, 15) is 9.90 Å². The molecule has 6 heteroatoms. The van der Waals surface area contributed by atoms with Gasteiger partial charge in [-0.3, -0.25) is 4.79 Å². The standard InChI is InChI=1S/C25H36N2O4/c1-3-18(4-2)17-27-11-9-25(29,10-12-27)20-7-8-22-19(14-20)15-23(31-22)24(28)26-16-21-6-5-13-30-21/h7-8,14-15,18,21,29H,3-6,9-13,16-17H2,1-2H3,(H,26,28). The monoisotopic (exact) mass is 428 g/mol. The van der Waals surface area contributed by atoms with E-state index in [1.54, 1.807) is 6.07 Å². The maximum absolute atomic E-state index is 12.5. The van der Waals surface area contributed by atoms with Crippen molar-refractivity contribution >= 4 is 16.9 Å². The molecule has 2 N–H and O–H groups in total. The summed E-state index contributed by atoms with van der Waals surface area (Å²) in [6.07, 6.45) is 6.00. The van der Waals surface area contributed by atoms with E-state index in [4.69, 9.17) is 9.15 Å². The minimum absolute atomic E-state index is 0.102. The van der Waals surface area contributed by atoms with Crippen molar-refractivity contribution in [3.05, 3.63) is 35.6 Å². The molecule has 1 aromatic carbocycles. The van der Waals surface area contributed by atoms with Crippen molar-refractivity contribution < 1.29 is 19.1 Å². The molecule has 4 rings (SSSR count). The molecule has 1 unspecified atom stereocenters. The topological polar surface area (TPSA) is 74.9 Å². The van der Waals surface area contributed by atoms with Gasteiger partial charge in [0.15, 0.2) is 5.76 Å². The first-order chi connectivity index (χ1) is 15.0. The van der Waals surface area contributed by atoms with Crippen LogP contribution in [-0.4, -0.2) is 54.8 Å². The molecule has 0 radical (unpaired) electrons. The van der Waals surface area contributed by atoms with Crippen LogP contribution in [0.2, 0.25) is 0 Å². The summed E-state index contributed by atoms with van der Waals surface area (Å²) >= 11 is 0. The highest BCUT2D eigenvalue weighted by Crippen LogP contribution is 2.35. The predicted molar refractivity (Wildman–Crippen MR) is 121 cm³/mol. The second-order valence-electron chi connectivity index (χ2n) is 9.22. The number of amides is 1. The van der Waals surface area contributed by atoms with Crippen LogP contribution in [0, 0.1) is 5.92 Å². The first-order valence-electron chi connectivity index (χ1n) is 11.9. The summed E-state index contributed by atoms with van der Waals surface area (Å²) in [6.45, 7) is 8.73. The van der Waals surface area contributed by atoms with Crippen LogP contribution in [0.5, 0.6) is 0 Å². The number of furan rings is 1. The largest absolute Gasteiger partial charge is 0.451 e. The molecule has 6 nitrogen and oxygen atoms in total. The van der Waals surface area contributed by atoms with Crippen molar-refractivity contribution in [2.24, 2.45) is 5.92 Å². The number of hydrogen-bond acceptors (Lipinski definition) is 5. The molecule has 0 aliphatic carbocycles. The number of fused-ring (bicyclic) bond motifs is 1. The molecule has 2 aliphatic rings. The van der Waals surface area contributed by atoms with Crippen molar-refractivity contribution in [1.29, 1.82) is 0 Å². The summed E-state index contributed by atoms with van der Waals surface area (Å²) < 4.78 is 11.3. The van der Waals surface area contributed by atoms with E-state index >= 15 is 0 Å². The summed E-state index contributed by atoms with van der Waals surface area (Å²) in [5.74, 6) is 0.817. The Kier molecular flexibility index (Phi) is 6.99. The smallest absolute Gasteiger partial charge is 0.287 e. The van der Waals surface area contributed by atoms with Crippen molar-refractivity contribution in [2.45, 2.75) is 64.1 Å². The fourth-order valence-electron chi connectivity index (χ4n) is 4.85. The van der Waals surface area contributed by atoms with E-state index in [1.807, 2.05) is 18.2 Å². The number of rotatable bonds is 8. The van der Waals surface area contributed by atoms with Crippen LogP contribution in [-0.2, 0) is 10.3 Å². The van der Waals surface area contributed by atoms with Crippen LogP contribution in [0.15, 0.2) is 28.7 Å². The second kappa shape index (κ2) is 9.72. The van der Waals surface area contributed by atoms with Gasteiger partial charge in [0, 0.05) is 38.2 Å². The predicted octanol–water partition coefficient (Wildman–Crippen LogP) is 4.06. The van der Waals surface area contributed by atoms with Gasteiger partial charge in [-0.1, -0.05) is 32.8 Å². The normalized spacial score (nSPS) is 21.7. The fourth-order valence-corrected chi connectivity index (χ4v) is 4.85. The molecule has 31 heavy (non-hydrogen) atoms. The quantitative estimate of drug-likeness (QED) is 0.663. The molecule has 170 valence electrons. The van der Waals surface area contributed by atoms with Crippen molar-refractivity contribution in [2.75, 3.05) is 32.8 Å². The Morgan fingerprint density at radius 2 is 2.03 bits per heavy atom. The average molecular weight is 429 g/mol. The molecule has 1 aromatic heterocycles. The number of carbonyl (C=O) groups excluding carboxylic acids is 1. The highest BCUT2D eigenvalue weighted by atomic mass is 16.5. The van der Waals surface area contributed by atoms with Gasteiger partial charge in [-0.2, -0.15) is 0 Å². The van der Waals surface area contributed by atoms with Gasteiger partial charge in [-0.05, 0) is 55.4 Å². The first-order valence-corrected chi connectivity index (χ1v) is 11.9. The Hall–Kier alpha value is -1.89. The van der Waals surface area contributed by atoms with Gasteiger partial charge in [0.1, 0.15) is 5.58 Å². The van der Waals surface area contributed by atoms with Crippen molar-refractivity contribution in [1.82, 2.24) is 10.2 Å². The Bertz CT molecular complexity index is 875. The number of benzene rings is 1. The van der Waals surface area contributed by atoms with E-state index < -0.39 is 5.60 Å². The molecule has 3 heterocycles. The molecule has 2 aromatic rings. The maximum atomic E-state index is 12.5. The van der Waals surface area contributed by atoms with Crippen LogP contribution in [0.1, 0.15) is 68.5 Å². The Balaban J connectivity index is 1.40. The molecule has 1 atom stereocenters. The molecule has 0 saturated carbocycles. The third kappa shape index (κ3) is 5.13. The van der Waals surface area contributed by atoms with Gasteiger partial charge in [0.2, 0.25) is 0 Å². The van der Waals surface area contributed by atoms with Gasteiger partial charge in [0.05, 0.1) is 11.7 Å². The first kappa shape index (κ1) is 22.3. The lowest BCUT2D eigenvalue weighted by Crippen LogP contribution is -2.44. The van der Waals surface area contributed by atoms with E-state index in [1.165, 1.54) is 12.8 Å². The average Bonchev–Trinajstić information content (AvgIpc) is 3.46. The Morgan fingerprint density at radius 3 is 2.71 bits per heavy atom. The second-order valence-corrected chi connectivity index (χ2v) is 9.22. The number of carbonyl (C=O) groups is 1. The highest BCUT2D eigenvalue weighted by Gasteiger charge is 2.34. The van der Waals surface area contributed by atoms with Crippen LogP contribution in [0.25, 0.3) is 11.0 Å². The number of piperidine rings is 1. The molecule has 2 fully saturated rings. The van der Waals surface area contributed by atoms with Crippen LogP contribution < -0.4 is 5.32 Å². The van der Waals surface area contributed by atoms with Crippen LogP contribution in [0.4, 0.5) is 0 Å². The van der Waals surface area contributed by atoms with E-state index in [0.29, 0.717) is 17.9 Å². The number of aliphatic hydroxyl groups is 1. The molecule has 0 spiro atoms. The minimum Gasteiger partial charge on any atom is -0.451 e. The van der Waals surface area contributed by atoms with Crippen molar-refractivity contribution in [3.8, 4) is 0 Å². The Labute approximate surface area is 184 Å². The van der Waals surface area contributed by atoms with Gasteiger partial charge in [-0.25, -0.2) is 0 Å². The van der Waals surface area contributed by atoms with Gasteiger partial charge < -0.3 is 24.5 Å². The zero-order valence-electron chi connectivity index (χ0n) is 18.9. The lowest BCUT2D eigenvalue weighted by molar-refractivity contribution is -0.0289. The minimum atomic E-state index is -0.821. The molecular weight excluding hydrogens is 392 g/mol. The Morgan fingerprint density at radius 1 is 1.26 bits per heavy atom. The molecule has 2 aliphatic heterocycles. The van der Waals surface area contributed by atoms with E-state index in [0.717, 1.165) is 68.8 Å². The lowest BCUT2D eigenvalue weighted by atomic mass is 9.83. The molecular formula is C25H36N2O4. The van der Waals surface area contributed by atoms with Crippen molar-refractivity contribution in [3.63, 3.8) is 0 Å². The zero-order valence-corrected chi connectivity index (χ0v) is 18.9. The summed E-state index contributed by atoms with van der Waals surface area (Å²) in [6, 6.07) is 7.56. The number of ether oxygens (including phenoxy) is 1. The number of likely N-dealkylation sites (tertiary alicyclic amines) is 1.